The number of alkyl halides is 4. The highest BCUT2D eigenvalue weighted by Gasteiger charge is 2.41. The van der Waals surface area contributed by atoms with Crippen molar-refractivity contribution in [2.45, 2.75) is 12.3 Å². The summed E-state index contributed by atoms with van der Waals surface area (Å²) in [6.45, 7) is -2.74. The third-order valence-corrected chi connectivity index (χ3v) is 2.08. The van der Waals surface area contributed by atoms with Gasteiger partial charge in [-0.2, -0.15) is 8.78 Å². The van der Waals surface area contributed by atoms with E-state index in [0.29, 0.717) is 12.1 Å². The number of Topliss-reactive ketones (excluding diaryl/α,β-unsaturated/α-hetero) is 1. The van der Waals surface area contributed by atoms with Gasteiger partial charge in [0.15, 0.2) is 5.78 Å². The van der Waals surface area contributed by atoms with Gasteiger partial charge >= 0.3 is 12.3 Å². The number of carbonyl (C=O) groups is 1. The molecule has 19 heavy (non-hydrogen) atoms. The van der Waals surface area contributed by atoms with E-state index in [9.17, 15) is 31.1 Å². The van der Waals surface area contributed by atoms with Gasteiger partial charge in [-0.15, -0.1) is 0 Å². The summed E-state index contributed by atoms with van der Waals surface area (Å²) in [5, 5.41) is 0. The first kappa shape index (κ1) is 15.5. The van der Waals surface area contributed by atoms with Crippen molar-refractivity contribution in [2.24, 2.45) is 0 Å². The second kappa shape index (κ2) is 6.05. The first-order valence-corrected chi connectivity index (χ1v) is 4.96. The number of hydrogen-bond donors (Lipinski definition) is 0. The molecule has 106 valence electrons. The highest BCUT2D eigenvalue weighted by Crippen LogP contribution is 2.23. The zero-order valence-electron chi connectivity index (χ0n) is 9.31. The molecule has 2 nitrogen and oxygen atoms in total. The predicted octanol–water partition coefficient (Wildman–Crippen LogP) is 3.06. The molecule has 0 unspecified atom stereocenters. The minimum atomic E-state index is -4.40. The Kier molecular flexibility index (Phi) is 4.93. The van der Waals surface area contributed by atoms with Gasteiger partial charge in [0.2, 0.25) is 0 Å². The Labute approximate surface area is 104 Å². The predicted molar refractivity (Wildman–Crippen MR) is 52.5 cm³/mol. The summed E-state index contributed by atoms with van der Waals surface area (Å²) in [5.74, 6) is -7.49. The molecule has 0 atom stereocenters. The Morgan fingerprint density at radius 3 is 2.47 bits per heavy atom. The minimum absolute atomic E-state index is 0.562. The lowest BCUT2D eigenvalue weighted by atomic mass is 10.1. The average Bonchev–Trinajstić information content (AvgIpc) is 2.31. The van der Waals surface area contributed by atoms with Crippen molar-refractivity contribution in [3.8, 4) is 0 Å². The van der Waals surface area contributed by atoms with Crippen molar-refractivity contribution in [2.75, 3.05) is 13.2 Å². The van der Waals surface area contributed by atoms with Crippen LogP contribution in [-0.2, 0) is 4.74 Å². The first-order chi connectivity index (χ1) is 8.74. The normalized spacial score (nSPS) is 11.9. The van der Waals surface area contributed by atoms with E-state index < -0.39 is 48.5 Å². The molecule has 0 fully saturated rings. The Balaban J connectivity index is 2.59. The van der Waals surface area contributed by atoms with Crippen molar-refractivity contribution >= 4 is 5.78 Å². The van der Waals surface area contributed by atoms with E-state index in [4.69, 9.17) is 0 Å². The Hall–Kier alpha value is -1.57. The van der Waals surface area contributed by atoms with Gasteiger partial charge in [0, 0.05) is 0 Å². The molecule has 1 rings (SSSR count). The smallest absolute Gasteiger partial charge is 0.330 e. The zero-order chi connectivity index (χ0) is 14.6. The van der Waals surface area contributed by atoms with Gasteiger partial charge < -0.3 is 4.74 Å². The molecule has 1 aromatic rings. The molecule has 0 spiro atoms. The maximum absolute atomic E-state index is 13.1. The largest absolute Gasteiger partial charge is 0.367 e. The maximum atomic E-state index is 13.1. The lowest BCUT2D eigenvalue weighted by Crippen LogP contribution is -2.33. The molecule has 0 bridgehead atoms. The van der Waals surface area contributed by atoms with Crippen LogP contribution >= 0.6 is 0 Å². The molecule has 0 amide bonds. The monoisotopic (exact) mass is 286 g/mol. The third-order valence-electron chi connectivity index (χ3n) is 2.08. The van der Waals surface area contributed by atoms with Crippen molar-refractivity contribution in [3.05, 3.63) is 35.4 Å². The average molecular weight is 286 g/mol. The molecule has 0 saturated carbocycles. The molecule has 8 heteroatoms. The Morgan fingerprint density at radius 1 is 1.26 bits per heavy atom. The van der Waals surface area contributed by atoms with Gasteiger partial charge in [-0.1, -0.05) is 0 Å². The van der Waals surface area contributed by atoms with Crippen LogP contribution < -0.4 is 0 Å². The van der Waals surface area contributed by atoms with E-state index in [1.54, 1.807) is 0 Å². The fourth-order valence-corrected chi connectivity index (χ4v) is 1.13. The number of rotatable bonds is 6. The summed E-state index contributed by atoms with van der Waals surface area (Å²) in [6, 6.07) is 2.00. The highest BCUT2D eigenvalue weighted by molar-refractivity contribution is 5.97. The van der Waals surface area contributed by atoms with Crippen LogP contribution in [0.2, 0.25) is 0 Å². The van der Waals surface area contributed by atoms with E-state index in [-0.39, 0.29) is 0 Å². The molecule has 0 N–H and O–H groups in total. The SMILES string of the molecule is O=C(COCC(F)(F)C(F)F)c1cc(F)ccc1F. The number of benzene rings is 1. The summed E-state index contributed by atoms with van der Waals surface area (Å²) in [4.78, 5) is 11.3. The van der Waals surface area contributed by atoms with Gasteiger partial charge in [0.25, 0.3) is 0 Å². The van der Waals surface area contributed by atoms with Gasteiger partial charge in [-0.25, -0.2) is 17.6 Å². The van der Waals surface area contributed by atoms with Gasteiger partial charge in [0.05, 0.1) is 5.56 Å². The molecule has 1 aromatic carbocycles. The van der Waals surface area contributed by atoms with E-state index in [0.717, 1.165) is 6.07 Å². The third kappa shape index (κ3) is 4.23. The number of halogens is 6. The lowest BCUT2D eigenvalue weighted by molar-refractivity contribution is -0.163. The second-order valence-corrected chi connectivity index (χ2v) is 3.60. The molecule has 0 radical (unpaired) electrons. The molecular weight excluding hydrogens is 278 g/mol. The highest BCUT2D eigenvalue weighted by atomic mass is 19.3. The van der Waals surface area contributed by atoms with Crippen LogP contribution in [0.3, 0.4) is 0 Å². The van der Waals surface area contributed by atoms with Gasteiger partial charge in [0.1, 0.15) is 24.8 Å². The van der Waals surface area contributed by atoms with Crippen LogP contribution in [-0.4, -0.2) is 31.3 Å². The second-order valence-electron chi connectivity index (χ2n) is 3.60. The minimum Gasteiger partial charge on any atom is -0.367 e. The van der Waals surface area contributed by atoms with Crippen LogP contribution in [0.15, 0.2) is 18.2 Å². The fraction of sp³-hybridized carbons (Fsp3) is 0.364. The topological polar surface area (TPSA) is 26.3 Å². The molecule has 0 saturated heterocycles. The van der Waals surface area contributed by atoms with Gasteiger partial charge in [-0.3, -0.25) is 4.79 Å². The molecule has 0 aliphatic carbocycles. The van der Waals surface area contributed by atoms with E-state index in [2.05, 4.69) is 4.74 Å². The Morgan fingerprint density at radius 2 is 1.89 bits per heavy atom. The van der Waals surface area contributed by atoms with Crippen molar-refractivity contribution in [1.29, 1.82) is 0 Å². The summed E-state index contributed by atoms with van der Waals surface area (Å²) >= 11 is 0. The number of carbonyl (C=O) groups excluding carboxylic acids is 1. The van der Waals surface area contributed by atoms with Crippen molar-refractivity contribution in [1.82, 2.24) is 0 Å². The van der Waals surface area contributed by atoms with Crippen LogP contribution in [0.1, 0.15) is 10.4 Å². The molecule has 0 aliphatic rings. The van der Waals surface area contributed by atoms with Crippen LogP contribution in [0.4, 0.5) is 26.3 Å². The Bertz CT molecular complexity index is 460. The summed E-state index contributed by atoms with van der Waals surface area (Å²) < 4.78 is 78.3. The number of ether oxygens (including phenoxy) is 1. The zero-order valence-corrected chi connectivity index (χ0v) is 9.31. The molecular formula is C11H8F6O2. The van der Waals surface area contributed by atoms with Crippen molar-refractivity contribution < 1.29 is 35.9 Å². The fourth-order valence-electron chi connectivity index (χ4n) is 1.13. The summed E-state index contributed by atoms with van der Waals surface area (Å²) in [5.41, 5.74) is -0.694. The summed E-state index contributed by atoms with van der Waals surface area (Å²) in [7, 11) is 0. The van der Waals surface area contributed by atoms with Crippen LogP contribution in [0.25, 0.3) is 0 Å². The molecule has 0 aromatic heterocycles. The summed E-state index contributed by atoms with van der Waals surface area (Å²) in [6.07, 6.45) is -3.94. The standard InChI is InChI=1S/C11H8F6O2/c12-6-1-2-8(13)7(3-6)9(18)4-19-5-11(16,17)10(14)15/h1-3,10H,4-5H2. The lowest BCUT2D eigenvalue weighted by Gasteiger charge is -2.14. The van der Waals surface area contributed by atoms with Crippen LogP contribution in [0.5, 0.6) is 0 Å². The van der Waals surface area contributed by atoms with E-state index in [1.165, 1.54) is 0 Å². The number of ketones is 1. The first-order valence-electron chi connectivity index (χ1n) is 4.96. The van der Waals surface area contributed by atoms with E-state index in [1.807, 2.05) is 0 Å². The van der Waals surface area contributed by atoms with E-state index >= 15 is 0 Å². The molecule has 0 heterocycles. The van der Waals surface area contributed by atoms with Gasteiger partial charge in [-0.05, 0) is 18.2 Å². The molecule has 0 aliphatic heterocycles. The number of hydrogen-bond acceptors (Lipinski definition) is 2. The quantitative estimate of drug-likeness (QED) is 0.593. The van der Waals surface area contributed by atoms with Crippen molar-refractivity contribution in [3.63, 3.8) is 0 Å². The van der Waals surface area contributed by atoms with Crippen LogP contribution in [0, 0.1) is 11.6 Å². The maximum Gasteiger partial charge on any atom is 0.330 e.